The summed E-state index contributed by atoms with van der Waals surface area (Å²) in [5, 5.41) is 4.86. The molecule has 0 aliphatic heterocycles. The second-order valence-electron chi connectivity index (χ2n) is 14.1. The van der Waals surface area contributed by atoms with Crippen molar-refractivity contribution in [1.29, 1.82) is 0 Å². The van der Waals surface area contributed by atoms with Crippen molar-refractivity contribution < 1.29 is 0 Å². The third-order valence-corrected chi connectivity index (χ3v) is 10.8. The van der Waals surface area contributed by atoms with Gasteiger partial charge in [0.1, 0.15) is 0 Å². The smallest absolute Gasteiger partial charge is 0.160 e. The van der Waals surface area contributed by atoms with Crippen molar-refractivity contribution in [3.05, 3.63) is 200 Å². The SMILES string of the molecule is c1ccc(-c2cc(-c3ccccc3)nc(-c3ccnc(-c4ccc5c(c4)c4ccccc4n5-c4cccc(-n5c6ccccc6c6ccccc65)c4)c3)n2)cc1. The minimum absolute atomic E-state index is 0.662. The van der Waals surface area contributed by atoms with E-state index in [-0.39, 0.29) is 0 Å². The van der Waals surface area contributed by atoms with Gasteiger partial charge in [-0.1, -0.05) is 127 Å². The van der Waals surface area contributed by atoms with Crippen LogP contribution in [0.15, 0.2) is 200 Å². The van der Waals surface area contributed by atoms with Gasteiger partial charge in [0.2, 0.25) is 0 Å². The van der Waals surface area contributed by atoms with Crippen LogP contribution in [0.2, 0.25) is 0 Å². The van der Waals surface area contributed by atoms with Gasteiger partial charge in [0.25, 0.3) is 0 Å². The summed E-state index contributed by atoms with van der Waals surface area (Å²) in [5.74, 6) is 0.662. The van der Waals surface area contributed by atoms with Crippen molar-refractivity contribution in [2.24, 2.45) is 0 Å². The molecule has 0 saturated heterocycles. The molecule has 0 amide bonds. The zero-order valence-electron chi connectivity index (χ0n) is 30.3. The molecular formula is C51H33N5. The predicted molar refractivity (Wildman–Crippen MR) is 230 cm³/mol. The van der Waals surface area contributed by atoms with Crippen molar-refractivity contribution in [3.8, 4) is 56.5 Å². The molecule has 0 aliphatic rings. The van der Waals surface area contributed by atoms with Gasteiger partial charge < -0.3 is 9.13 Å². The molecule has 262 valence electrons. The van der Waals surface area contributed by atoms with E-state index in [4.69, 9.17) is 15.0 Å². The molecule has 0 saturated carbocycles. The molecule has 11 aromatic rings. The van der Waals surface area contributed by atoms with Crippen LogP contribution in [-0.2, 0) is 0 Å². The standard InChI is InChI=1S/C51H33N5/c1-3-14-34(15-4-1)45-33-46(35-16-5-2-6-17-35)54-51(53-45)37-28-29-52-44(31-37)36-26-27-50-43(30-36)42-22-9-12-25-49(42)56(50)39-19-13-18-38(32-39)55-47-23-10-7-20-40(47)41-21-8-11-24-48(41)55/h1-33H. The Morgan fingerprint density at radius 3 is 1.38 bits per heavy atom. The normalized spacial score (nSPS) is 11.6. The molecule has 0 spiro atoms. The van der Waals surface area contributed by atoms with Gasteiger partial charge in [-0.3, -0.25) is 4.98 Å². The van der Waals surface area contributed by atoms with Crippen molar-refractivity contribution in [3.63, 3.8) is 0 Å². The average Bonchev–Trinajstić information content (AvgIpc) is 3.80. The summed E-state index contributed by atoms with van der Waals surface area (Å²) in [6, 6.07) is 68.3. The topological polar surface area (TPSA) is 48.5 Å². The van der Waals surface area contributed by atoms with E-state index in [1.54, 1.807) is 0 Å². The van der Waals surface area contributed by atoms with Gasteiger partial charge in [0.15, 0.2) is 5.82 Å². The Morgan fingerprint density at radius 2 is 0.804 bits per heavy atom. The van der Waals surface area contributed by atoms with Gasteiger partial charge >= 0.3 is 0 Å². The molecule has 0 fully saturated rings. The summed E-state index contributed by atoms with van der Waals surface area (Å²) in [5.41, 5.74) is 13.6. The number of aromatic nitrogens is 5. The van der Waals surface area contributed by atoms with Crippen LogP contribution in [-0.4, -0.2) is 24.1 Å². The van der Waals surface area contributed by atoms with Crippen LogP contribution in [0.4, 0.5) is 0 Å². The minimum Gasteiger partial charge on any atom is -0.309 e. The lowest BCUT2D eigenvalue weighted by Crippen LogP contribution is -1.98. The van der Waals surface area contributed by atoms with E-state index in [9.17, 15) is 0 Å². The summed E-state index contributed by atoms with van der Waals surface area (Å²) in [4.78, 5) is 15.0. The summed E-state index contributed by atoms with van der Waals surface area (Å²) >= 11 is 0. The first kappa shape index (κ1) is 31.9. The van der Waals surface area contributed by atoms with Crippen molar-refractivity contribution in [2.75, 3.05) is 0 Å². The van der Waals surface area contributed by atoms with Crippen LogP contribution < -0.4 is 0 Å². The number of rotatable bonds is 6. The Balaban J connectivity index is 1.03. The van der Waals surface area contributed by atoms with Gasteiger partial charge in [-0.05, 0) is 66.7 Å². The first-order valence-corrected chi connectivity index (χ1v) is 18.9. The Hall–Kier alpha value is -7.63. The molecule has 0 atom stereocenters. The summed E-state index contributed by atoms with van der Waals surface area (Å²) in [7, 11) is 0. The van der Waals surface area contributed by atoms with Crippen molar-refractivity contribution in [2.45, 2.75) is 0 Å². The Kier molecular flexibility index (Phi) is 7.42. The predicted octanol–water partition coefficient (Wildman–Crippen LogP) is 12.7. The summed E-state index contributed by atoms with van der Waals surface area (Å²) in [6.07, 6.45) is 1.86. The van der Waals surface area contributed by atoms with E-state index in [0.717, 1.165) is 61.7 Å². The molecule has 11 rings (SSSR count). The quantitative estimate of drug-likeness (QED) is 0.172. The van der Waals surface area contributed by atoms with Crippen LogP contribution in [0.25, 0.3) is 100 Å². The van der Waals surface area contributed by atoms with Crippen LogP contribution in [0.3, 0.4) is 0 Å². The Bertz CT molecular complexity index is 3140. The van der Waals surface area contributed by atoms with Crippen molar-refractivity contribution in [1.82, 2.24) is 24.1 Å². The molecule has 0 radical (unpaired) electrons. The van der Waals surface area contributed by atoms with Crippen LogP contribution in [0, 0.1) is 0 Å². The highest BCUT2D eigenvalue weighted by atomic mass is 15.0. The maximum Gasteiger partial charge on any atom is 0.160 e. The monoisotopic (exact) mass is 715 g/mol. The number of benzene rings is 7. The zero-order valence-corrected chi connectivity index (χ0v) is 30.3. The lowest BCUT2D eigenvalue weighted by molar-refractivity contribution is 1.13. The second-order valence-corrected chi connectivity index (χ2v) is 14.1. The molecule has 56 heavy (non-hydrogen) atoms. The molecule has 4 aromatic heterocycles. The average molecular weight is 716 g/mol. The highest BCUT2D eigenvalue weighted by molar-refractivity contribution is 6.11. The number of hydrogen-bond acceptors (Lipinski definition) is 3. The Labute approximate surface area is 323 Å². The van der Waals surface area contributed by atoms with E-state index < -0.39 is 0 Å². The lowest BCUT2D eigenvalue weighted by atomic mass is 10.0. The molecule has 0 bridgehead atoms. The van der Waals surface area contributed by atoms with E-state index in [1.165, 1.54) is 32.6 Å². The maximum atomic E-state index is 5.08. The number of nitrogens with zero attached hydrogens (tertiary/aromatic N) is 5. The largest absolute Gasteiger partial charge is 0.309 e. The maximum absolute atomic E-state index is 5.08. The zero-order chi connectivity index (χ0) is 37.0. The van der Waals surface area contributed by atoms with Crippen LogP contribution >= 0.6 is 0 Å². The van der Waals surface area contributed by atoms with Gasteiger partial charge in [0.05, 0.1) is 39.1 Å². The number of hydrogen-bond donors (Lipinski definition) is 0. The van der Waals surface area contributed by atoms with Crippen molar-refractivity contribution >= 4 is 43.6 Å². The van der Waals surface area contributed by atoms with E-state index in [2.05, 4.69) is 161 Å². The molecule has 0 N–H and O–H groups in total. The van der Waals surface area contributed by atoms with E-state index >= 15 is 0 Å². The second kappa shape index (κ2) is 13.0. The molecule has 4 heterocycles. The molecular weight excluding hydrogens is 683 g/mol. The highest BCUT2D eigenvalue weighted by Gasteiger charge is 2.17. The van der Waals surface area contributed by atoms with Crippen LogP contribution in [0.1, 0.15) is 0 Å². The fourth-order valence-corrected chi connectivity index (χ4v) is 8.20. The van der Waals surface area contributed by atoms with E-state index in [1.807, 2.05) is 48.7 Å². The minimum atomic E-state index is 0.662. The molecule has 5 nitrogen and oxygen atoms in total. The molecule has 5 heteroatoms. The van der Waals surface area contributed by atoms with Gasteiger partial charge in [-0.15, -0.1) is 0 Å². The third-order valence-electron chi connectivity index (χ3n) is 10.8. The highest BCUT2D eigenvalue weighted by Crippen LogP contribution is 2.37. The molecule has 0 aliphatic carbocycles. The molecule has 7 aromatic carbocycles. The molecule has 0 unspecified atom stereocenters. The van der Waals surface area contributed by atoms with Crippen LogP contribution in [0.5, 0.6) is 0 Å². The fourth-order valence-electron chi connectivity index (χ4n) is 8.20. The number of para-hydroxylation sites is 3. The summed E-state index contributed by atoms with van der Waals surface area (Å²) in [6.45, 7) is 0. The van der Waals surface area contributed by atoms with Gasteiger partial charge in [-0.25, -0.2) is 9.97 Å². The Morgan fingerprint density at radius 1 is 0.304 bits per heavy atom. The summed E-state index contributed by atoms with van der Waals surface area (Å²) < 4.78 is 4.75. The fraction of sp³-hybridized carbons (Fsp3) is 0. The first-order valence-electron chi connectivity index (χ1n) is 18.9. The first-order chi connectivity index (χ1) is 27.8. The van der Waals surface area contributed by atoms with Gasteiger partial charge in [0, 0.05) is 61.4 Å². The lowest BCUT2D eigenvalue weighted by Gasteiger charge is -2.13. The number of pyridine rings is 1. The third kappa shape index (κ3) is 5.29. The van der Waals surface area contributed by atoms with Gasteiger partial charge in [-0.2, -0.15) is 0 Å². The van der Waals surface area contributed by atoms with E-state index in [0.29, 0.717) is 5.82 Å². The number of fused-ring (bicyclic) bond motifs is 6.